The van der Waals surface area contributed by atoms with Gasteiger partial charge in [-0.2, -0.15) is 0 Å². The molecule has 1 aromatic rings. The summed E-state index contributed by atoms with van der Waals surface area (Å²) in [6.07, 6.45) is 3.42. The van der Waals surface area contributed by atoms with Crippen molar-refractivity contribution in [2.24, 2.45) is 17.3 Å². The van der Waals surface area contributed by atoms with Gasteiger partial charge < -0.3 is 14.9 Å². The Morgan fingerprint density at radius 3 is 2.56 bits per heavy atom. The molecule has 5 atom stereocenters. The lowest BCUT2D eigenvalue weighted by molar-refractivity contribution is -0.153. The molecule has 34 heavy (non-hydrogen) atoms. The number of carbonyl (C=O) groups is 2. The Morgan fingerprint density at radius 1 is 1.26 bits per heavy atom. The molecular weight excluding hydrogens is 474 g/mol. The summed E-state index contributed by atoms with van der Waals surface area (Å²) in [5.41, 5.74) is 0.610. The maximum Gasteiger partial charge on any atom is 0.309 e. The van der Waals surface area contributed by atoms with Crippen molar-refractivity contribution in [1.29, 1.82) is 0 Å². The standard InChI is InChI=1S/C26H38ClNO5S/c1-15-8-7-9-16(2)24(31)17(3)25(32)26(5,6)22(29)13-23(30)33-21(11-10-15)20(27)12-19-14-34-18(4)28-19/h10,12,14,16-17,21-22,24,29,31H,7-9,11,13H2,1-6H3/b15-10-,20-12+/t16-,17+,21-,22-,24-/m0/s1. The minimum atomic E-state index is -1.26. The third kappa shape index (κ3) is 7.74. The second-order valence-electron chi connectivity index (χ2n) is 10.0. The lowest BCUT2D eigenvalue weighted by Gasteiger charge is -2.34. The summed E-state index contributed by atoms with van der Waals surface area (Å²) in [6.45, 7) is 10.8. The number of Topliss-reactive ketones (excluding diaryl/α,β-unsaturated/α-hetero) is 1. The van der Waals surface area contributed by atoms with Gasteiger partial charge in [0.15, 0.2) is 0 Å². The van der Waals surface area contributed by atoms with E-state index >= 15 is 0 Å². The number of cyclic esters (lactones) is 1. The van der Waals surface area contributed by atoms with E-state index < -0.39 is 35.6 Å². The van der Waals surface area contributed by atoms with Gasteiger partial charge in [0.05, 0.1) is 39.8 Å². The van der Waals surface area contributed by atoms with Crippen molar-refractivity contribution >= 4 is 40.8 Å². The lowest BCUT2D eigenvalue weighted by Crippen LogP contribution is -2.45. The zero-order valence-corrected chi connectivity index (χ0v) is 22.6. The SMILES string of the molecule is C/C1=C/C[C@@H](/C(Cl)=C\c2csc(C)n2)OC(=O)C[C@H](O)C(C)(C)C(=O)[C@H](C)[C@@H](O)[C@@H](C)CCC1. The molecule has 1 aromatic heterocycles. The third-order valence-electron chi connectivity index (χ3n) is 6.75. The van der Waals surface area contributed by atoms with Crippen molar-refractivity contribution in [3.8, 4) is 0 Å². The fourth-order valence-electron chi connectivity index (χ4n) is 4.20. The van der Waals surface area contributed by atoms with Crippen LogP contribution in [0.2, 0.25) is 0 Å². The van der Waals surface area contributed by atoms with E-state index in [2.05, 4.69) is 4.98 Å². The third-order valence-corrected chi connectivity index (χ3v) is 7.90. The summed E-state index contributed by atoms with van der Waals surface area (Å²) in [4.78, 5) is 30.3. The van der Waals surface area contributed by atoms with Crippen LogP contribution in [0.25, 0.3) is 6.08 Å². The zero-order chi connectivity index (χ0) is 25.6. The second kappa shape index (κ2) is 12.4. The van der Waals surface area contributed by atoms with Crippen LogP contribution in [0.1, 0.15) is 77.4 Å². The number of aliphatic hydroxyl groups is 2. The van der Waals surface area contributed by atoms with Gasteiger partial charge in [0.1, 0.15) is 11.9 Å². The molecule has 0 amide bonds. The molecule has 0 radical (unpaired) electrons. The van der Waals surface area contributed by atoms with Crippen LogP contribution in [0.5, 0.6) is 0 Å². The maximum absolute atomic E-state index is 13.1. The number of esters is 1. The van der Waals surface area contributed by atoms with E-state index in [0.29, 0.717) is 17.1 Å². The Balaban J connectivity index is 2.33. The van der Waals surface area contributed by atoms with Gasteiger partial charge >= 0.3 is 5.97 Å². The van der Waals surface area contributed by atoms with Crippen molar-refractivity contribution in [3.63, 3.8) is 0 Å². The Morgan fingerprint density at radius 2 is 1.94 bits per heavy atom. The highest BCUT2D eigenvalue weighted by Gasteiger charge is 2.42. The maximum atomic E-state index is 13.1. The summed E-state index contributed by atoms with van der Waals surface area (Å²) < 4.78 is 5.68. The first-order chi connectivity index (χ1) is 15.8. The normalized spacial score (nSPS) is 32.1. The van der Waals surface area contributed by atoms with E-state index in [4.69, 9.17) is 16.3 Å². The molecule has 8 heteroatoms. The quantitative estimate of drug-likeness (QED) is 0.405. The van der Waals surface area contributed by atoms with Crippen molar-refractivity contribution < 1.29 is 24.5 Å². The summed E-state index contributed by atoms with van der Waals surface area (Å²) in [5, 5.41) is 24.7. The van der Waals surface area contributed by atoms with Crippen molar-refractivity contribution in [2.75, 3.05) is 0 Å². The number of aliphatic hydroxyl groups excluding tert-OH is 2. The molecule has 190 valence electrons. The number of allylic oxidation sites excluding steroid dienone is 1. The van der Waals surface area contributed by atoms with Crippen LogP contribution in [-0.2, 0) is 14.3 Å². The Hall–Kier alpha value is -1.54. The molecule has 1 aliphatic heterocycles. The number of rotatable bonds is 2. The largest absolute Gasteiger partial charge is 0.456 e. The van der Waals surface area contributed by atoms with Crippen molar-refractivity contribution in [1.82, 2.24) is 4.98 Å². The molecule has 6 nitrogen and oxygen atoms in total. The number of halogens is 1. The average Bonchev–Trinajstić information content (AvgIpc) is 3.18. The van der Waals surface area contributed by atoms with Gasteiger partial charge in [-0.05, 0) is 45.1 Å². The fourth-order valence-corrected chi connectivity index (χ4v) is 5.02. The Bertz CT molecular complexity index is 922. The van der Waals surface area contributed by atoms with Crippen LogP contribution in [0.4, 0.5) is 0 Å². The van der Waals surface area contributed by atoms with Crippen molar-refractivity contribution in [2.45, 2.75) is 92.0 Å². The minimum absolute atomic E-state index is 0.0655. The molecule has 0 bridgehead atoms. The van der Waals surface area contributed by atoms with E-state index in [-0.39, 0.29) is 18.1 Å². The first-order valence-electron chi connectivity index (χ1n) is 11.9. The van der Waals surface area contributed by atoms with E-state index in [0.717, 1.165) is 29.8 Å². The summed E-state index contributed by atoms with van der Waals surface area (Å²) in [7, 11) is 0. The molecule has 0 spiro atoms. The number of ketones is 1. The molecule has 2 heterocycles. The highest BCUT2D eigenvalue weighted by Crippen LogP contribution is 2.32. The summed E-state index contributed by atoms with van der Waals surface area (Å²) in [5.74, 6) is -1.64. The molecule has 0 unspecified atom stereocenters. The Kier molecular flexibility index (Phi) is 10.5. The number of hydrogen-bond acceptors (Lipinski definition) is 7. The molecule has 2 rings (SSSR count). The van der Waals surface area contributed by atoms with Gasteiger partial charge in [-0.3, -0.25) is 9.59 Å². The molecule has 1 aliphatic rings. The number of carbonyl (C=O) groups excluding carboxylic acids is 2. The van der Waals surface area contributed by atoms with Gasteiger partial charge in [-0.1, -0.05) is 50.9 Å². The van der Waals surface area contributed by atoms with Crippen LogP contribution in [0, 0.1) is 24.2 Å². The summed E-state index contributed by atoms with van der Waals surface area (Å²) in [6, 6.07) is 0. The molecule has 0 aliphatic carbocycles. The van der Waals surface area contributed by atoms with Crippen molar-refractivity contribution in [3.05, 3.63) is 32.8 Å². The van der Waals surface area contributed by atoms with Crippen LogP contribution in [-0.4, -0.2) is 45.3 Å². The first kappa shape index (κ1) is 28.7. The number of hydrogen-bond donors (Lipinski definition) is 2. The van der Waals surface area contributed by atoms with Gasteiger partial charge in [0, 0.05) is 17.7 Å². The topological polar surface area (TPSA) is 96.7 Å². The van der Waals surface area contributed by atoms with Crippen LogP contribution >= 0.6 is 22.9 Å². The van der Waals surface area contributed by atoms with E-state index in [9.17, 15) is 19.8 Å². The lowest BCUT2D eigenvalue weighted by atomic mass is 9.73. The monoisotopic (exact) mass is 511 g/mol. The smallest absolute Gasteiger partial charge is 0.309 e. The predicted octanol–water partition coefficient (Wildman–Crippen LogP) is 5.44. The zero-order valence-electron chi connectivity index (χ0n) is 21.0. The molecule has 0 saturated carbocycles. The minimum Gasteiger partial charge on any atom is -0.456 e. The highest BCUT2D eigenvalue weighted by atomic mass is 35.5. The van der Waals surface area contributed by atoms with E-state index in [1.54, 1.807) is 26.8 Å². The molecule has 0 saturated heterocycles. The van der Waals surface area contributed by atoms with Gasteiger partial charge in [-0.15, -0.1) is 11.3 Å². The summed E-state index contributed by atoms with van der Waals surface area (Å²) >= 11 is 8.06. The number of aryl methyl sites for hydroxylation is 1. The fraction of sp³-hybridized carbons (Fsp3) is 0.654. The first-order valence-corrected chi connectivity index (χ1v) is 13.1. The molecule has 2 N–H and O–H groups in total. The average molecular weight is 512 g/mol. The number of thiazole rings is 1. The van der Waals surface area contributed by atoms with Gasteiger partial charge in [0.2, 0.25) is 0 Å². The van der Waals surface area contributed by atoms with E-state index in [1.807, 2.05) is 32.2 Å². The number of ether oxygens (including phenoxy) is 1. The molecular formula is C26H38ClNO5S. The van der Waals surface area contributed by atoms with Crippen LogP contribution in [0.15, 0.2) is 22.1 Å². The van der Waals surface area contributed by atoms with Gasteiger partial charge in [0.25, 0.3) is 0 Å². The highest BCUT2D eigenvalue weighted by molar-refractivity contribution is 7.09. The number of nitrogens with zero attached hydrogens (tertiary/aromatic N) is 1. The van der Waals surface area contributed by atoms with Gasteiger partial charge in [-0.25, -0.2) is 4.98 Å². The number of aromatic nitrogens is 1. The Labute approximate surface area is 212 Å². The van der Waals surface area contributed by atoms with Crippen LogP contribution in [0.3, 0.4) is 0 Å². The second-order valence-corrected chi connectivity index (χ2v) is 11.5. The molecule has 0 aromatic carbocycles. The predicted molar refractivity (Wildman–Crippen MR) is 137 cm³/mol. The molecule has 0 fully saturated rings. The van der Waals surface area contributed by atoms with Crippen LogP contribution < -0.4 is 0 Å². The van der Waals surface area contributed by atoms with E-state index in [1.165, 1.54) is 11.3 Å².